The number of carboxylic acid groups (broad SMARTS) is 1. The highest BCUT2D eigenvalue weighted by Crippen LogP contribution is 2.44. The van der Waals surface area contributed by atoms with Crippen molar-refractivity contribution >= 4 is 22.7 Å². The fraction of sp³-hybridized carbons (Fsp3) is 0.500. The third kappa shape index (κ3) is 2.70. The molecule has 4 rings (SSSR count). The lowest BCUT2D eigenvalue weighted by Gasteiger charge is -2.29. The SMILES string of the molecule is Cc1c(F)cc(F)c2c1c(=O)c(C(=O)O)c(N1CCC(C)(CN)C1)n2C1CC1. The number of nitrogens with two attached hydrogens (primary N) is 1. The van der Waals surface area contributed by atoms with Gasteiger partial charge in [-0.2, -0.15) is 0 Å². The van der Waals surface area contributed by atoms with Gasteiger partial charge in [0.15, 0.2) is 5.82 Å². The van der Waals surface area contributed by atoms with Gasteiger partial charge in [0, 0.05) is 25.2 Å². The quantitative estimate of drug-likeness (QED) is 0.837. The van der Waals surface area contributed by atoms with Crippen molar-refractivity contribution in [1.82, 2.24) is 4.57 Å². The molecule has 0 radical (unpaired) electrons. The molecule has 0 amide bonds. The van der Waals surface area contributed by atoms with Crippen LogP contribution in [0, 0.1) is 24.0 Å². The average Bonchev–Trinajstić information content (AvgIpc) is 3.40. The lowest BCUT2D eigenvalue weighted by Crippen LogP contribution is -2.35. The second-order valence-corrected chi connectivity index (χ2v) is 8.31. The van der Waals surface area contributed by atoms with E-state index in [9.17, 15) is 23.5 Å². The minimum absolute atomic E-state index is 0.00671. The standard InChI is InChI=1S/C20H23F2N3O3/c1-10-12(21)7-13(22)16-14(10)17(26)15(19(27)28)18(25(16)11-3-4-11)24-6-5-20(2,8-23)9-24/h7,11H,3-6,8-9,23H2,1-2H3,(H,27,28). The molecule has 1 aliphatic carbocycles. The van der Waals surface area contributed by atoms with E-state index >= 15 is 0 Å². The summed E-state index contributed by atoms with van der Waals surface area (Å²) in [4.78, 5) is 27.0. The van der Waals surface area contributed by atoms with Gasteiger partial charge in [-0.1, -0.05) is 6.92 Å². The Balaban J connectivity index is 2.12. The first kappa shape index (κ1) is 18.9. The predicted molar refractivity (Wildman–Crippen MR) is 102 cm³/mol. The molecular weight excluding hydrogens is 368 g/mol. The van der Waals surface area contributed by atoms with Gasteiger partial charge >= 0.3 is 5.97 Å². The summed E-state index contributed by atoms with van der Waals surface area (Å²) in [7, 11) is 0. The minimum Gasteiger partial charge on any atom is -0.477 e. The van der Waals surface area contributed by atoms with E-state index in [1.165, 1.54) is 6.92 Å². The van der Waals surface area contributed by atoms with E-state index < -0.39 is 28.6 Å². The number of rotatable bonds is 4. The molecule has 2 aromatic rings. The Morgan fingerprint density at radius 1 is 1.36 bits per heavy atom. The zero-order valence-corrected chi connectivity index (χ0v) is 15.9. The van der Waals surface area contributed by atoms with Crippen LogP contribution in [0.4, 0.5) is 14.6 Å². The van der Waals surface area contributed by atoms with Crippen LogP contribution in [-0.4, -0.2) is 35.3 Å². The number of carbonyl (C=O) groups is 1. The van der Waals surface area contributed by atoms with Crippen molar-refractivity contribution in [2.24, 2.45) is 11.1 Å². The highest BCUT2D eigenvalue weighted by molar-refractivity contribution is 5.99. The number of pyridine rings is 1. The number of anilines is 1. The van der Waals surface area contributed by atoms with E-state index in [0.717, 1.165) is 25.3 Å². The van der Waals surface area contributed by atoms with Crippen molar-refractivity contribution in [3.05, 3.63) is 39.1 Å². The second kappa shape index (κ2) is 6.27. The lowest BCUT2D eigenvalue weighted by atomic mass is 9.90. The molecule has 6 nitrogen and oxygen atoms in total. The smallest absolute Gasteiger partial charge is 0.343 e. The molecule has 1 aromatic heterocycles. The van der Waals surface area contributed by atoms with Crippen LogP contribution in [0.25, 0.3) is 10.9 Å². The van der Waals surface area contributed by atoms with Crippen LogP contribution in [0.1, 0.15) is 48.1 Å². The second-order valence-electron chi connectivity index (χ2n) is 8.31. The summed E-state index contributed by atoms with van der Waals surface area (Å²) >= 11 is 0. The van der Waals surface area contributed by atoms with E-state index in [0.29, 0.717) is 19.6 Å². The van der Waals surface area contributed by atoms with Crippen molar-refractivity contribution in [2.75, 3.05) is 24.5 Å². The van der Waals surface area contributed by atoms with Gasteiger partial charge in [-0.15, -0.1) is 0 Å². The topological polar surface area (TPSA) is 88.6 Å². The van der Waals surface area contributed by atoms with Gasteiger partial charge in [-0.25, -0.2) is 13.6 Å². The van der Waals surface area contributed by atoms with Gasteiger partial charge in [0.1, 0.15) is 17.2 Å². The summed E-state index contributed by atoms with van der Waals surface area (Å²) < 4.78 is 30.7. The fourth-order valence-corrected chi connectivity index (χ4v) is 4.23. The summed E-state index contributed by atoms with van der Waals surface area (Å²) in [5.74, 6) is -2.87. The number of aromatic carboxylic acids is 1. The highest BCUT2D eigenvalue weighted by atomic mass is 19.1. The molecule has 1 aliphatic heterocycles. The number of fused-ring (bicyclic) bond motifs is 1. The number of aryl methyl sites for hydroxylation is 1. The van der Waals surface area contributed by atoms with Gasteiger partial charge in [0.05, 0.1) is 10.9 Å². The van der Waals surface area contributed by atoms with Crippen molar-refractivity contribution in [2.45, 2.75) is 39.2 Å². The van der Waals surface area contributed by atoms with Gasteiger partial charge in [0.25, 0.3) is 0 Å². The lowest BCUT2D eigenvalue weighted by molar-refractivity contribution is 0.0695. The summed E-state index contributed by atoms with van der Waals surface area (Å²) in [6.45, 7) is 4.80. The van der Waals surface area contributed by atoms with Crippen LogP contribution in [-0.2, 0) is 0 Å². The van der Waals surface area contributed by atoms with Crippen LogP contribution >= 0.6 is 0 Å². The normalized spacial score (nSPS) is 22.2. The van der Waals surface area contributed by atoms with E-state index in [-0.39, 0.29) is 33.7 Å². The number of nitrogens with zero attached hydrogens (tertiary/aromatic N) is 2. The number of halogens is 2. The van der Waals surface area contributed by atoms with Crippen LogP contribution < -0.4 is 16.1 Å². The average molecular weight is 391 g/mol. The third-order valence-corrected chi connectivity index (χ3v) is 6.07. The molecule has 1 aromatic carbocycles. The summed E-state index contributed by atoms with van der Waals surface area (Å²) in [5, 5.41) is 9.67. The molecule has 1 saturated heterocycles. The molecule has 2 heterocycles. The predicted octanol–water partition coefficient (Wildman–Crippen LogP) is 2.80. The van der Waals surface area contributed by atoms with Gasteiger partial charge < -0.3 is 20.3 Å². The Morgan fingerprint density at radius 2 is 2.04 bits per heavy atom. The molecule has 1 unspecified atom stereocenters. The highest BCUT2D eigenvalue weighted by Gasteiger charge is 2.40. The maximum Gasteiger partial charge on any atom is 0.343 e. The van der Waals surface area contributed by atoms with Crippen LogP contribution in [0.3, 0.4) is 0 Å². The molecule has 28 heavy (non-hydrogen) atoms. The maximum atomic E-state index is 14.9. The summed E-state index contributed by atoms with van der Waals surface area (Å²) in [6.07, 6.45) is 2.24. The van der Waals surface area contributed by atoms with E-state index in [1.54, 1.807) is 4.57 Å². The number of aromatic nitrogens is 1. The zero-order valence-electron chi connectivity index (χ0n) is 15.9. The molecule has 2 fully saturated rings. The van der Waals surface area contributed by atoms with Crippen molar-refractivity contribution in [1.29, 1.82) is 0 Å². The first-order valence-corrected chi connectivity index (χ1v) is 9.43. The van der Waals surface area contributed by atoms with Crippen LogP contribution in [0.2, 0.25) is 0 Å². The monoisotopic (exact) mass is 391 g/mol. The molecule has 2 aliphatic rings. The summed E-state index contributed by atoms with van der Waals surface area (Å²) in [5.41, 5.74) is 4.37. The van der Waals surface area contributed by atoms with Gasteiger partial charge in [-0.3, -0.25) is 4.79 Å². The number of hydrogen-bond donors (Lipinski definition) is 2. The molecule has 1 atom stereocenters. The zero-order chi connectivity index (χ0) is 20.4. The van der Waals surface area contributed by atoms with Crippen LogP contribution in [0.5, 0.6) is 0 Å². The maximum absolute atomic E-state index is 14.9. The van der Waals surface area contributed by atoms with Crippen molar-refractivity contribution in [3.8, 4) is 0 Å². The first-order valence-electron chi connectivity index (χ1n) is 9.43. The van der Waals surface area contributed by atoms with E-state index in [4.69, 9.17) is 5.73 Å². The van der Waals surface area contributed by atoms with Gasteiger partial charge in [-0.05, 0) is 43.7 Å². The molecular formula is C20H23F2N3O3. The minimum atomic E-state index is -1.39. The van der Waals surface area contributed by atoms with E-state index in [2.05, 4.69) is 0 Å². The third-order valence-electron chi connectivity index (χ3n) is 6.07. The molecule has 3 N–H and O–H groups in total. The molecule has 8 heteroatoms. The largest absolute Gasteiger partial charge is 0.477 e. The van der Waals surface area contributed by atoms with Crippen molar-refractivity contribution < 1.29 is 18.7 Å². The molecule has 1 saturated carbocycles. The Morgan fingerprint density at radius 3 is 2.57 bits per heavy atom. The Hall–Kier alpha value is -2.48. The van der Waals surface area contributed by atoms with Gasteiger partial charge in [0.2, 0.25) is 5.43 Å². The first-order chi connectivity index (χ1) is 13.2. The molecule has 0 bridgehead atoms. The Bertz CT molecular complexity index is 1060. The fourth-order valence-electron chi connectivity index (χ4n) is 4.23. The Labute approximate surface area is 160 Å². The molecule has 150 valence electrons. The Kier molecular flexibility index (Phi) is 4.22. The number of benzene rings is 1. The van der Waals surface area contributed by atoms with Crippen LogP contribution in [0.15, 0.2) is 10.9 Å². The number of carboxylic acids is 1. The molecule has 0 spiro atoms. The number of hydrogen-bond acceptors (Lipinski definition) is 4. The van der Waals surface area contributed by atoms with E-state index in [1.807, 2.05) is 11.8 Å². The summed E-state index contributed by atoms with van der Waals surface area (Å²) in [6, 6.07) is 0.661. The van der Waals surface area contributed by atoms with Crippen molar-refractivity contribution in [3.63, 3.8) is 0 Å².